The minimum atomic E-state index is 0.301. The Morgan fingerprint density at radius 2 is 2.00 bits per heavy atom. The van der Waals surface area contributed by atoms with E-state index in [-0.39, 0.29) is 0 Å². The first-order chi connectivity index (χ1) is 4.22. The number of nitrogens with zero attached hydrogens (tertiary/aromatic N) is 1. The molecule has 0 fully saturated rings. The van der Waals surface area contributed by atoms with E-state index in [0.29, 0.717) is 6.29 Å². The van der Waals surface area contributed by atoms with Gasteiger partial charge >= 0.3 is 0 Å². The third-order valence-electron chi connectivity index (χ3n) is 1.19. The average molecular weight is 131 g/mol. The van der Waals surface area contributed by atoms with E-state index in [9.17, 15) is 0 Å². The van der Waals surface area contributed by atoms with E-state index in [1.807, 2.05) is 21.1 Å². The van der Waals surface area contributed by atoms with E-state index in [1.165, 1.54) is 0 Å². The van der Waals surface area contributed by atoms with Crippen LogP contribution in [0.15, 0.2) is 0 Å². The molecule has 2 N–H and O–H groups in total. The minimum Gasteiger partial charge on any atom is -0.293 e. The maximum Gasteiger partial charge on any atom is 0.113 e. The van der Waals surface area contributed by atoms with Crippen molar-refractivity contribution in [1.29, 1.82) is 0 Å². The highest BCUT2D eigenvalue weighted by atomic mass is 15.3. The Morgan fingerprint density at radius 3 is 2.11 bits per heavy atom. The fourth-order valence-corrected chi connectivity index (χ4v) is 0.736. The van der Waals surface area contributed by atoms with Crippen molar-refractivity contribution < 1.29 is 0 Å². The quantitative estimate of drug-likeness (QED) is 0.511. The maximum atomic E-state index is 3.25. The van der Waals surface area contributed by atoms with Crippen LogP contribution in [0.25, 0.3) is 0 Å². The molecule has 0 aliphatic heterocycles. The van der Waals surface area contributed by atoms with Crippen molar-refractivity contribution in [3.8, 4) is 0 Å². The molecule has 0 spiro atoms. The summed E-state index contributed by atoms with van der Waals surface area (Å²) in [6, 6.07) is 0. The highest BCUT2D eigenvalue weighted by Gasteiger charge is 2.03. The lowest BCUT2D eigenvalue weighted by molar-refractivity contribution is 0.218. The van der Waals surface area contributed by atoms with Gasteiger partial charge in [-0.2, -0.15) is 0 Å². The van der Waals surface area contributed by atoms with Crippen LogP contribution in [0.2, 0.25) is 0 Å². The van der Waals surface area contributed by atoms with E-state index in [4.69, 9.17) is 0 Å². The zero-order valence-corrected chi connectivity index (χ0v) is 6.73. The molecule has 0 saturated heterocycles. The van der Waals surface area contributed by atoms with Crippen LogP contribution < -0.4 is 10.6 Å². The lowest BCUT2D eigenvalue weighted by Crippen LogP contribution is -2.50. The van der Waals surface area contributed by atoms with Gasteiger partial charge in [0, 0.05) is 0 Å². The molecule has 0 rings (SSSR count). The lowest BCUT2D eigenvalue weighted by Gasteiger charge is -2.23. The van der Waals surface area contributed by atoms with Gasteiger partial charge in [-0.15, -0.1) is 0 Å². The van der Waals surface area contributed by atoms with E-state index in [0.717, 1.165) is 6.54 Å². The SMILES string of the molecule is CCNC(NC)N(C)C. The summed E-state index contributed by atoms with van der Waals surface area (Å²) in [6.45, 7) is 3.08. The van der Waals surface area contributed by atoms with Gasteiger partial charge < -0.3 is 0 Å². The Hall–Kier alpha value is -0.120. The van der Waals surface area contributed by atoms with Crippen molar-refractivity contribution in [2.45, 2.75) is 13.2 Å². The summed E-state index contributed by atoms with van der Waals surface area (Å²) in [5, 5.41) is 6.36. The van der Waals surface area contributed by atoms with Crippen LogP contribution in [0, 0.1) is 0 Å². The average Bonchev–Trinajstić information content (AvgIpc) is 1.82. The van der Waals surface area contributed by atoms with E-state index < -0.39 is 0 Å². The molecule has 0 heterocycles. The molecule has 0 saturated carbocycles. The van der Waals surface area contributed by atoms with Gasteiger partial charge in [0.25, 0.3) is 0 Å². The largest absolute Gasteiger partial charge is 0.293 e. The molecule has 0 aromatic heterocycles. The van der Waals surface area contributed by atoms with Gasteiger partial charge in [-0.25, -0.2) is 0 Å². The molecule has 3 heteroatoms. The molecule has 3 nitrogen and oxygen atoms in total. The molecular formula is C6H17N3. The molecule has 0 aliphatic rings. The molecule has 0 aliphatic carbocycles. The van der Waals surface area contributed by atoms with E-state index in [1.54, 1.807) is 0 Å². The molecule has 0 aromatic rings. The second-order valence-electron chi connectivity index (χ2n) is 2.21. The van der Waals surface area contributed by atoms with Crippen LogP contribution in [0.3, 0.4) is 0 Å². The Morgan fingerprint density at radius 1 is 1.44 bits per heavy atom. The monoisotopic (exact) mass is 131 g/mol. The summed E-state index contributed by atoms with van der Waals surface area (Å²) in [6.07, 6.45) is 0.301. The van der Waals surface area contributed by atoms with Crippen molar-refractivity contribution in [2.75, 3.05) is 27.7 Å². The highest BCUT2D eigenvalue weighted by Crippen LogP contribution is 1.79. The fourth-order valence-electron chi connectivity index (χ4n) is 0.736. The fraction of sp³-hybridized carbons (Fsp3) is 1.00. The van der Waals surface area contributed by atoms with E-state index >= 15 is 0 Å². The third-order valence-corrected chi connectivity index (χ3v) is 1.19. The van der Waals surface area contributed by atoms with Crippen molar-refractivity contribution in [1.82, 2.24) is 15.5 Å². The molecule has 1 unspecified atom stereocenters. The summed E-state index contributed by atoms with van der Waals surface area (Å²) in [4.78, 5) is 2.09. The van der Waals surface area contributed by atoms with Crippen LogP contribution in [0.5, 0.6) is 0 Å². The minimum absolute atomic E-state index is 0.301. The van der Waals surface area contributed by atoms with Gasteiger partial charge in [0.1, 0.15) is 6.29 Å². The Bertz CT molecular complexity index is 63.3. The second kappa shape index (κ2) is 4.73. The van der Waals surface area contributed by atoms with Gasteiger partial charge in [-0.3, -0.25) is 15.5 Å². The van der Waals surface area contributed by atoms with Crippen molar-refractivity contribution in [3.63, 3.8) is 0 Å². The predicted molar refractivity (Wildman–Crippen MR) is 40.2 cm³/mol. The van der Waals surface area contributed by atoms with Crippen LogP contribution >= 0.6 is 0 Å². The molecule has 0 aromatic carbocycles. The van der Waals surface area contributed by atoms with Gasteiger partial charge in [-0.05, 0) is 27.7 Å². The van der Waals surface area contributed by atoms with Gasteiger partial charge in [0.05, 0.1) is 0 Å². The van der Waals surface area contributed by atoms with Crippen LogP contribution in [-0.2, 0) is 0 Å². The van der Waals surface area contributed by atoms with Gasteiger partial charge in [0.15, 0.2) is 0 Å². The molecule has 0 radical (unpaired) electrons. The second-order valence-corrected chi connectivity index (χ2v) is 2.21. The number of hydrogen-bond donors (Lipinski definition) is 2. The first-order valence-corrected chi connectivity index (χ1v) is 3.29. The van der Waals surface area contributed by atoms with Crippen molar-refractivity contribution in [3.05, 3.63) is 0 Å². The number of nitrogens with one attached hydrogen (secondary N) is 2. The Labute approximate surface area is 57.4 Å². The molecular weight excluding hydrogens is 114 g/mol. The van der Waals surface area contributed by atoms with Gasteiger partial charge in [-0.1, -0.05) is 6.92 Å². The van der Waals surface area contributed by atoms with Crippen LogP contribution in [-0.4, -0.2) is 38.9 Å². The summed E-state index contributed by atoms with van der Waals surface area (Å²) in [5.74, 6) is 0. The van der Waals surface area contributed by atoms with Crippen molar-refractivity contribution in [2.24, 2.45) is 0 Å². The molecule has 56 valence electrons. The Kier molecular flexibility index (Phi) is 4.67. The normalized spacial score (nSPS) is 14.3. The standard InChI is InChI=1S/C6H17N3/c1-5-8-6(7-2)9(3)4/h6-8H,5H2,1-4H3. The number of hydrogen-bond acceptors (Lipinski definition) is 3. The number of rotatable bonds is 4. The zero-order valence-electron chi connectivity index (χ0n) is 6.73. The summed E-state index contributed by atoms with van der Waals surface area (Å²) in [7, 11) is 6.00. The summed E-state index contributed by atoms with van der Waals surface area (Å²) in [5.41, 5.74) is 0. The molecule has 0 amide bonds. The maximum absolute atomic E-state index is 3.25. The lowest BCUT2D eigenvalue weighted by atomic mass is 10.6. The van der Waals surface area contributed by atoms with Crippen molar-refractivity contribution >= 4 is 0 Å². The Balaban J connectivity index is 3.41. The zero-order chi connectivity index (χ0) is 7.28. The summed E-state index contributed by atoms with van der Waals surface area (Å²) >= 11 is 0. The topological polar surface area (TPSA) is 27.3 Å². The van der Waals surface area contributed by atoms with Crippen LogP contribution in [0.1, 0.15) is 6.92 Å². The van der Waals surface area contributed by atoms with Crippen LogP contribution in [0.4, 0.5) is 0 Å². The summed E-state index contributed by atoms with van der Waals surface area (Å²) < 4.78 is 0. The first-order valence-electron chi connectivity index (χ1n) is 3.29. The van der Waals surface area contributed by atoms with E-state index in [2.05, 4.69) is 22.5 Å². The van der Waals surface area contributed by atoms with Gasteiger partial charge in [0.2, 0.25) is 0 Å². The predicted octanol–water partition coefficient (Wildman–Crippen LogP) is -0.339. The smallest absolute Gasteiger partial charge is 0.113 e. The molecule has 9 heavy (non-hydrogen) atoms. The molecule has 0 bridgehead atoms. The highest BCUT2D eigenvalue weighted by molar-refractivity contribution is 4.55. The first kappa shape index (κ1) is 8.88. The third kappa shape index (κ3) is 3.46. The molecule has 1 atom stereocenters.